The summed E-state index contributed by atoms with van der Waals surface area (Å²) >= 11 is 0. The molecule has 2 N–H and O–H groups in total. The first kappa shape index (κ1) is 14.8. The number of nitrogens with two attached hydrogens (primary N) is 1. The largest absolute Gasteiger partial charge is 0.491 e. The SMILES string of the molecule is CCOc1ccc(N(C)CCC(C)CN)cc1F. The second kappa shape index (κ2) is 7.21. The van der Waals surface area contributed by atoms with Crippen LogP contribution in [0.4, 0.5) is 10.1 Å². The Balaban J connectivity index is 2.63. The quantitative estimate of drug-likeness (QED) is 0.813. The molecule has 1 aromatic carbocycles. The molecule has 3 nitrogen and oxygen atoms in total. The van der Waals surface area contributed by atoms with Crippen molar-refractivity contribution in [3.8, 4) is 5.75 Å². The lowest BCUT2D eigenvalue weighted by molar-refractivity contribution is 0.321. The zero-order valence-electron chi connectivity index (χ0n) is 11.4. The molecule has 102 valence electrons. The van der Waals surface area contributed by atoms with Gasteiger partial charge < -0.3 is 15.4 Å². The summed E-state index contributed by atoms with van der Waals surface area (Å²) in [6.45, 7) is 5.98. The first-order chi connectivity index (χ1) is 8.58. The smallest absolute Gasteiger partial charge is 0.167 e. The Morgan fingerprint density at radius 3 is 2.72 bits per heavy atom. The van der Waals surface area contributed by atoms with Gasteiger partial charge in [0.15, 0.2) is 11.6 Å². The molecule has 4 heteroatoms. The van der Waals surface area contributed by atoms with E-state index in [-0.39, 0.29) is 5.82 Å². The van der Waals surface area contributed by atoms with Crippen molar-refractivity contribution in [3.05, 3.63) is 24.0 Å². The van der Waals surface area contributed by atoms with Crippen molar-refractivity contribution < 1.29 is 9.13 Å². The molecule has 1 rings (SSSR count). The second-order valence-corrected chi connectivity index (χ2v) is 4.60. The highest BCUT2D eigenvalue weighted by atomic mass is 19.1. The topological polar surface area (TPSA) is 38.5 Å². The predicted molar refractivity (Wildman–Crippen MR) is 73.7 cm³/mol. The van der Waals surface area contributed by atoms with Crippen molar-refractivity contribution in [2.45, 2.75) is 20.3 Å². The van der Waals surface area contributed by atoms with Gasteiger partial charge in [-0.2, -0.15) is 0 Å². The zero-order chi connectivity index (χ0) is 13.5. The second-order valence-electron chi connectivity index (χ2n) is 4.60. The van der Waals surface area contributed by atoms with Crippen LogP contribution in [-0.2, 0) is 0 Å². The molecule has 0 saturated heterocycles. The van der Waals surface area contributed by atoms with Gasteiger partial charge in [0.05, 0.1) is 6.61 Å². The Kier molecular flexibility index (Phi) is 5.92. The van der Waals surface area contributed by atoms with Crippen LogP contribution in [0.25, 0.3) is 0 Å². The van der Waals surface area contributed by atoms with Crippen LogP contribution >= 0.6 is 0 Å². The summed E-state index contributed by atoms with van der Waals surface area (Å²) in [7, 11) is 1.96. The third kappa shape index (κ3) is 4.18. The van der Waals surface area contributed by atoms with E-state index in [1.54, 1.807) is 6.07 Å². The average molecular weight is 254 g/mol. The van der Waals surface area contributed by atoms with Gasteiger partial charge in [-0.3, -0.25) is 0 Å². The van der Waals surface area contributed by atoms with E-state index in [4.69, 9.17) is 10.5 Å². The van der Waals surface area contributed by atoms with Crippen molar-refractivity contribution in [1.82, 2.24) is 0 Å². The summed E-state index contributed by atoms with van der Waals surface area (Å²) in [4.78, 5) is 2.03. The number of nitrogens with zero attached hydrogens (tertiary/aromatic N) is 1. The van der Waals surface area contributed by atoms with Gasteiger partial charge in [-0.05, 0) is 37.9 Å². The molecule has 1 atom stereocenters. The molecule has 0 amide bonds. The molecule has 0 heterocycles. The van der Waals surface area contributed by atoms with Gasteiger partial charge in [-0.15, -0.1) is 0 Å². The first-order valence-corrected chi connectivity index (χ1v) is 6.42. The van der Waals surface area contributed by atoms with Crippen molar-refractivity contribution in [3.63, 3.8) is 0 Å². The van der Waals surface area contributed by atoms with E-state index in [2.05, 4.69) is 6.92 Å². The highest BCUT2D eigenvalue weighted by molar-refractivity contribution is 5.49. The number of anilines is 1. The molecule has 0 aliphatic heterocycles. The Morgan fingerprint density at radius 2 is 2.17 bits per heavy atom. The molecule has 18 heavy (non-hydrogen) atoms. The summed E-state index contributed by atoms with van der Waals surface area (Å²) in [5, 5.41) is 0. The number of ether oxygens (including phenoxy) is 1. The van der Waals surface area contributed by atoms with Gasteiger partial charge in [-0.25, -0.2) is 4.39 Å². The number of rotatable bonds is 7. The van der Waals surface area contributed by atoms with Crippen LogP contribution in [0.15, 0.2) is 18.2 Å². The van der Waals surface area contributed by atoms with Crippen LogP contribution in [-0.4, -0.2) is 26.7 Å². The predicted octanol–water partition coefficient (Wildman–Crippen LogP) is 2.65. The maximum Gasteiger partial charge on any atom is 0.167 e. The van der Waals surface area contributed by atoms with Crippen LogP contribution in [0.5, 0.6) is 5.75 Å². The molecule has 0 fully saturated rings. The highest BCUT2D eigenvalue weighted by Crippen LogP contribution is 2.23. The molecule has 0 spiro atoms. The molecule has 0 radical (unpaired) electrons. The summed E-state index contributed by atoms with van der Waals surface area (Å²) in [6, 6.07) is 5.07. The normalized spacial score (nSPS) is 12.3. The third-order valence-corrected chi connectivity index (χ3v) is 3.02. The van der Waals surface area contributed by atoms with Gasteiger partial charge >= 0.3 is 0 Å². The fourth-order valence-corrected chi connectivity index (χ4v) is 1.66. The van der Waals surface area contributed by atoms with E-state index in [0.29, 0.717) is 24.8 Å². The maximum atomic E-state index is 13.7. The molecule has 1 aromatic rings. The monoisotopic (exact) mass is 254 g/mol. The average Bonchev–Trinajstić information content (AvgIpc) is 2.38. The Labute approximate surface area is 109 Å². The van der Waals surface area contributed by atoms with E-state index >= 15 is 0 Å². The molecule has 0 saturated carbocycles. The maximum absolute atomic E-state index is 13.7. The summed E-state index contributed by atoms with van der Waals surface area (Å²) in [5.41, 5.74) is 6.44. The van der Waals surface area contributed by atoms with Crippen molar-refractivity contribution in [2.75, 3.05) is 31.6 Å². The van der Waals surface area contributed by atoms with Gasteiger partial charge in [0.2, 0.25) is 0 Å². The third-order valence-electron chi connectivity index (χ3n) is 3.02. The van der Waals surface area contributed by atoms with Crippen LogP contribution in [0.2, 0.25) is 0 Å². The highest BCUT2D eigenvalue weighted by Gasteiger charge is 2.08. The number of halogens is 1. The van der Waals surface area contributed by atoms with Crippen LogP contribution in [0.1, 0.15) is 20.3 Å². The molecule has 0 bridgehead atoms. The van der Waals surface area contributed by atoms with E-state index in [9.17, 15) is 4.39 Å². The number of hydrogen-bond donors (Lipinski definition) is 1. The Hall–Kier alpha value is -1.29. The lowest BCUT2D eigenvalue weighted by Crippen LogP contribution is -2.23. The van der Waals surface area contributed by atoms with Gasteiger partial charge in [0.25, 0.3) is 0 Å². The molecular weight excluding hydrogens is 231 g/mol. The minimum atomic E-state index is -0.312. The number of benzene rings is 1. The van der Waals surface area contributed by atoms with E-state index in [0.717, 1.165) is 18.7 Å². The summed E-state index contributed by atoms with van der Waals surface area (Å²) in [5.74, 6) is 0.484. The minimum absolute atomic E-state index is 0.310. The number of hydrogen-bond acceptors (Lipinski definition) is 3. The Bertz CT molecular complexity index is 371. The molecule has 0 aliphatic rings. The zero-order valence-corrected chi connectivity index (χ0v) is 11.4. The van der Waals surface area contributed by atoms with Crippen LogP contribution in [0.3, 0.4) is 0 Å². The van der Waals surface area contributed by atoms with Crippen molar-refractivity contribution >= 4 is 5.69 Å². The molecular formula is C14H23FN2O. The van der Waals surface area contributed by atoms with Crippen molar-refractivity contribution in [1.29, 1.82) is 0 Å². The van der Waals surface area contributed by atoms with Gasteiger partial charge in [-0.1, -0.05) is 6.92 Å². The van der Waals surface area contributed by atoms with Crippen LogP contribution < -0.4 is 15.4 Å². The van der Waals surface area contributed by atoms with E-state index in [1.165, 1.54) is 6.07 Å². The van der Waals surface area contributed by atoms with Crippen LogP contribution in [0, 0.1) is 11.7 Å². The van der Waals surface area contributed by atoms with Gasteiger partial charge in [0.1, 0.15) is 0 Å². The fraction of sp³-hybridized carbons (Fsp3) is 0.571. The van der Waals surface area contributed by atoms with E-state index < -0.39 is 0 Å². The molecule has 0 aliphatic carbocycles. The summed E-state index contributed by atoms with van der Waals surface area (Å²) in [6.07, 6.45) is 1.00. The lowest BCUT2D eigenvalue weighted by Gasteiger charge is -2.21. The van der Waals surface area contributed by atoms with Gasteiger partial charge in [0, 0.05) is 25.3 Å². The molecule has 1 unspecified atom stereocenters. The lowest BCUT2D eigenvalue weighted by atomic mass is 10.1. The first-order valence-electron chi connectivity index (χ1n) is 6.42. The fourth-order valence-electron chi connectivity index (χ4n) is 1.66. The van der Waals surface area contributed by atoms with Crippen molar-refractivity contribution in [2.24, 2.45) is 11.7 Å². The summed E-state index contributed by atoms with van der Waals surface area (Å²) < 4.78 is 18.9. The Morgan fingerprint density at radius 1 is 1.44 bits per heavy atom. The minimum Gasteiger partial charge on any atom is -0.491 e. The molecule has 0 aromatic heterocycles. The van der Waals surface area contributed by atoms with E-state index in [1.807, 2.05) is 24.9 Å². The standard InChI is InChI=1S/C14H23FN2O/c1-4-18-14-6-5-12(9-13(14)15)17(3)8-7-11(2)10-16/h5-6,9,11H,4,7-8,10,16H2,1-3H3.